The highest BCUT2D eigenvalue weighted by Crippen LogP contribution is 2.51. The van der Waals surface area contributed by atoms with Crippen LogP contribution in [-0.4, -0.2) is 6.54 Å². The number of benzene rings is 2. The molecule has 2 aromatic rings. The molecule has 3 rings (SSSR count). The Hall–Kier alpha value is -1.96. The first-order valence-electron chi connectivity index (χ1n) is 8.25. The fourth-order valence-corrected chi connectivity index (χ4v) is 3.41. The molecule has 2 aromatic carbocycles. The highest BCUT2D eigenvalue weighted by atomic mass is 16.5. The fourth-order valence-electron chi connectivity index (χ4n) is 3.41. The van der Waals surface area contributed by atoms with Crippen molar-refractivity contribution in [3.05, 3.63) is 47.5 Å². The third kappa shape index (κ3) is 2.27. The Labute approximate surface area is 133 Å². The van der Waals surface area contributed by atoms with Crippen LogP contribution in [0.15, 0.2) is 36.4 Å². The van der Waals surface area contributed by atoms with Crippen LogP contribution in [0, 0.1) is 0 Å². The maximum atomic E-state index is 6.19. The van der Waals surface area contributed by atoms with E-state index in [0.717, 1.165) is 18.0 Å². The second kappa shape index (κ2) is 5.68. The smallest absolute Gasteiger partial charge is 0.151 e. The van der Waals surface area contributed by atoms with Crippen LogP contribution in [0.4, 0.5) is 11.4 Å². The Morgan fingerprint density at radius 2 is 1.64 bits per heavy atom. The van der Waals surface area contributed by atoms with Gasteiger partial charge in [0, 0.05) is 6.54 Å². The molecule has 0 atom stereocenters. The van der Waals surface area contributed by atoms with Crippen molar-refractivity contribution in [1.82, 2.24) is 0 Å². The minimum Gasteiger partial charge on any atom is -0.453 e. The molecule has 0 bridgehead atoms. The predicted molar refractivity (Wildman–Crippen MR) is 93.8 cm³/mol. The Morgan fingerprint density at radius 1 is 0.909 bits per heavy atom. The average molecular weight is 295 g/mol. The molecule has 0 unspecified atom stereocenters. The molecule has 0 aromatic heterocycles. The molecule has 0 saturated carbocycles. The van der Waals surface area contributed by atoms with Crippen molar-refractivity contribution in [2.45, 2.75) is 46.5 Å². The Morgan fingerprint density at radius 3 is 2.27 bits per heavy atom. The summed E-state index contributed by atoms with van der Waals surface area (Å²) in [5.74, 6) is 2.91. The summed E-state index contributed by atoms with van der Waals surface area (Å²) >= 11 is 0. The number of nitrogens with zero attached hydrogens (tertiary/aromatic N) is 1. The van der Waals surface area contributed by atoms with Crippen LogP contribution in [0.25, 0.3) is 0 Å². The zero-order valence-corrected chi connectivity index (χ0v) is 14.2. The van der Waals surface area contributed by atoms with Crippen LogP contribution >= 0.6 is 0 Å². The van der Waals surface area contributed by atoms with Crippen LogP contribution in [-0.2, 0) is 0 Å². The number of rotatable bonds is 3. The first kappa shape index (κ1) is 15.0. The SMILES string of the molecule is CCN1c2ccccc2Oc2ccc(C(C)C)c(C(C)C)c21. The van der Waals surface area contributed by atoms with E-state index < -0.39 is 0 Å². The van der Waals surface area contributed by atoms with Gasteiger partial charge in [0.1, 0.15) is 0 Å². The largest absolute Gasteiger partial charge is 0.453 e. The van der Waals surface area contributed by atoms with Crippen molar-refractivity contribution in [2.75, 3.05) is 11.4 Å². The molecule has 0 fully saturated rings. The van der Waals surface area contributed by atoms with Crippen LogP contribution in [0.3, 0.4) is 0 Å². The highest BCUT2D eigenvalue weighted by molar-refractivity contribution is 5.81. The van der Waals surface area contributed by atoms with Crippen LogP contribution in [0.5, 0.6) is 11.5 Å². The summed E-state index contributed by atoms with van der Waals surface area (Å²) in [6.45, 7) is 12.2. The van der Waals surface area contributed by atoms with Gasteiger partial charge in [-0.05, 0) is 48.1 Å². The summed E-state index contributed by atoms with van der Waals surface area (Å²) in [6.07, 6.45) is 0. The van der Waals surface area contributed by atoms with Gasteiger partial charge in [-0.25, -0.2) is 0 Å². The van der Waals surface area contributed by atoms with E-state index in [1.54, 1.807) is 0 Å². The normalized spacial score (nSPS) is 13.1. The highest BCUT2D eigenvalue weighted by Gasteiger charge is 2.28. The summed E-state index contributed by atoms with van der Waals surface area (Å²) < 4.78 is 6.19. The molecule has 2 heteroatoms. The lowest BCUT2D eigenvalue weighted by molar-refractivity contribution is 0.471. The van der Waals surface area contributed by atoms with E-state index in [-0.39, 0.29) is 0 Å². The van der Waals surface area contributed by atoms with E-state index >= 15 is 0 Å². The van der Waals surface area contributed by atoms with Gasteiger partial charge in [-0.15, -0.1) is 0 Å². The second-order valence-electron chi connectivity index (χ2n) is 6.54. The first-order valence-corrected chi connectivity index (χ1v) is 8.25. The molecule has 0 radical (unpaired) electrons. The van der Waals surface area contributed by atoms with Gasteiger partial charge in [0.05, 0.1) is 11.4 Å². The Kier molecular flexibility index (Phi) is 3.86. The van der Waals surface area contributed by atoms with E-state index in [4.69, 9.17) is 4.74 Å². The van der Waals surface area contributed by atoms with Crippen LogP contribution in [0.2, 0.25) is 0 Å². The van der Waals surface area contributed by atoms with Gasteiger partial charge < -0.3 is 9.64 Å². The van der Waals surface area contributed by atoms with Gasteiger partial charge in [-0.2, -0.15) is 0 Å². The standard InChI is InChI=1S/C20H25NO/c1-6-21-16-9-7-8-10-17(16)22-18-12-11-15(13(2)3)19(14(4)5)20(18)21/h7-14H,6H2,1-5H3. The molecule has 0 aliphatic carbocycles. The first-order chi connectivity index (χ1) is 10.5. The topological polar surface area (TPSA) is 12.5 Å². The second-order valence-corrected chi connectivity index (χ2v) is 6.54. The minimum absolute atomic E-state index is 0.468. The Balaban J connectivity index is 2.27. The molecule has 22 heavy (non-hydrogen) atoms. The molecule has 0 saturated heterocycles. The minimum atomic E-state index is 0.468. The molecule has 0 spiro atoms. The van der Waals surface area contributed by atoms with E-state index in [9.17, 15) is 0 Å². The molecule has 0 N–H and O–H groups in total. The van der Waals surface area contributed by atoms with Crippen molar-refractivity contribution < 1.29 is 4.74 Å². The number of para-hydroxylation sites is 2. The van der Waals surface area contributed by atoms with E-state index in [1.165, 1.54) is 22.5 Å². The lowest BCUT2D eigenvalue weighted by Gasteiger charge is -2.36. The number of ether oxygens (including phenoxy) is 1. The monoisotopic (exact) mass is 295 g/mol. The van der Waals surface area contributed by atoms with E-state index in [1.807, 2.05) is 12.1 Å². The lowest BCUT2D eigenvalue weighted by Crippen LogP contribution is -2.23. The summed E-state index contributed by atoms with van der Waals surface area (Å²) in [5, 5.41) is 0. The van der Waals surface area contributed by atoms with Gasteiger partial charge in [-0.1, -0.05) is 45.9 Å². The number of hydrogen-bond donors (Lipinski definition) is 0. The summed E-state index contributed by atoms with van der Waals surface area (Å²) in [7, 11) is 0. The quantitative estimate of drug-likeness (QED) is 0.668. The third-order valence-electron chi connectivity index (χ3n) is 4.38. The van der Waals surface area contributed by atoms with Crippen molar-refractivity contribution in [3.8, 4) is 11.5 Å². The van der Waals surface area contributed by atoms with Gasteiger partial charge in [0.2, 0.25) is 0 Å². The Bertz CT molecular complexity index is 688. The van der Waals surface area contributed by atoms with E-state index in [2.05, 4.69) is 63.8 Å². The van der Waals surface area contributed by atoms with Crippen molar-refractivity contribution in [1.29, 1.82) is 0 Å². The number of hydrogen-bond acceptors (Lipinski definition) is 2. The number of fused-ring (bicyclic) bond motifs is 2. The molecular formula is C20H25NO. The zero-order valence-electron chi connectivity index (χ0n) is 14.2. The third-order valence-corrected chi connectivity index (χ3v) is 4.38. The van der Waals surface area contributed by atoms with Gasteiger partial charge in [-0.3, -0.25) is 0 Å². The molecule has 2 nitrogen and oxygen atoms in total. The lowest BCUT2D eigenvalue weighted by atomic mass is 9.87. The van der Waals surface area contributed by atoms with Crippen LogP contribution < -0.4 is 9.64 Å². The molecule has 1 heterocycles. The summed E-state index contributed by atoms with van der Waals surface area (Å²) in [5.41, 5.74) is 5.27. The summed E-state index contributed by atoms with van der Waals surface area (Å²) in [4.78, 5) is 2.40. The van der Waals surface area contributed by atoms with Gasteiger partial charge >= 0.3 is 0 Å². The number of anilines is 2. The molecule has 116 valence electrons. The molecular weight excluding hydrogens is 270 g/mol. The fraction of sp³-hybridized carbons (Fsp3) is 0.400. The maximum Gasteiger partial charge on any atom is 0.151 e. The van der Waals surface area contributed by atoms with Crippen LogP contribution in [0.1, 0.15) is 57.6 Å². The molecule has 1 aliphatic heterocycles. The van der Waals surface area contributed by atoms with Crippen molar-refractivity contribution >= 4 is 11.4 Å². The van der Waals surface area contributed by atoms with Crippen molar-refractivity contribution in [3.63, 3.8) is 0 Å². The van der Waals surface area contributed by atoms with Gasteiger partial charge in [0.15, 0.2) is 11.5 Å². The van der Waals surface area contributed by atoms with Crippen molar-refractivity contribution in [2.24, 2.45) is 0 Å². The molecule has 0 amide bonds. The predicted octanol–water partition coefficient (Wildman–Crippen LogP) is 6.20. The zero-order chi connectivity index (χ0) is 15.9. The van der Waals surface area contributed by atoms with Gasteiger partial charge in [0.25, 0.3) is 0 Å². The summed E-state index contributed by atoms with van der Waals surface area (Å²) in [6, 6.07) is 12.7. The maximum absolute atomic E-state index is 6.19. The molecule has 1 aliphatic rings. The average Bonchev–Trinajstić information content (AvgIpc) is 2.50. The van der Waals surface area contributed by atoms with E-state index in [0.29, 0.717) is 11.8 Å².